The Morgan fingerprint density at radius 3 is 2.48 bits per heavy atom. The van der Waals surface area contributed by atoms with E-state index in [9.17, 15) is 9.59 Å². The molecule has 158 valence electrons. The molecule has 1 aromatic carbocycles. The lowest BCUT2D eigenvalue weighted by Crippen LogP contribution is -2.63. The number of rotatable bonds is 5. The molecule has 4 rings (SSSR count). The molecule has 1 saturated carbocycles. The van der Waals surface area contributed by atoms with Crippen LogP contribution in [0.5, 0.6) is 5.75 Å². The molecule has 2 saturated heterocycles. The van der Waals surface area contributed by atoms with Crippen molar-refractivity contribution in [3.8, 4) is 5.75 Å². The summed E-state index contributed by atoms with van der Waals surface area (Å²) in [5.74, 6) is 1.36. The van der Waals surface area contributed by atoms with E-state index in [0.717, 1.165) is 38.3 Å². The first-order valence-electron chi connectivity index (χ1n) is 11.0. The molecule has 3 aliphatic rings. The summed E-state index contributed by atoms with van der Waals surface area (Å²) in [6.45, 7) is 7.15. The van der Waals surface area contributed by atoms with E-state index in [1.165, 1.54) is 31.2 Å². The average molecular weight is 400 g/mol. The third kappa shape index (κ3) is 4.58. The minimum absolute atomic E-state index is 0.0179. The number of hydrogen-bond acceptors (Lipinski definition) is 4. The number of fused-ring (bicyclic) bond motifs is 1. The first-order chi connectivity index (χ1) is 13.9. The third-order valence-electron chi connectivity index (χ3n) is 6.80. The third-order valence-corrected chi connectivity index (χ3v) is 6.80. The summed E-state index contributed by atoms with van der Waals surface area (Å²) in [4.78, 5) is 28.2. The van der Waals surface area contributed by atoms with Crippen molar-refractivity contribution in [3.63, 3.8) is 0 Å². The van der Waals surface area contributed by atoms with Gasteiger partial charge in [-0.3, -0.25) is 14.5 Å². The van der Waals surface area contributed by atoms with Gasteiger partial charge in [-0.1, -0.05) is 12.1 Å². The molecule has 0 radical (unpaired) electrons. The number of nitrogens with one attached hydrogen (secondary N) is 1. The first-order valence-corrected chi connectivity index (χ1v) is 11.0. The molecule has 1 aromatic rings. The number of carbonyl (C=O) groups is 2. The lowest BCUT2D eigenvalue weighted by molar-refractivity contribution is -0.128. The van der Waals surface area contributed by atoms with Crippen molar-refractivity contribution >= 4 is 11.8 Å². The van der Waals surface area contributed by atoms with Crippen LogP contribution in [-0.4, -0.2) is 59.4 Å². The molecular formula is C23H33N3O3. The van der Waals surface area contributed by atoms with Gasteiger partial charge in [0.15, 0.2) is 0 Å². The number of carbonyl (C=O) groups excluding carboxylic acids is 2. The first kappa shape index (κ1) is 20.2. The molecular weight excluding hydrogens is 366 g/mol. The van der Waals surface area contributed by atoms with Crippen molar-refractivity contribution in [3.05, 3.63) is 29.8 Å². The van der Waals surface area contributed by atoms with Gasteiger partial charge in [0.05, 0.1) is 11.6 Å². The summed E-state index contributed by atoms with van der Waals surface area (Å²) in [7, 11) is 0. The monoisotopic (exact) mass is 399 g/mol. The fraction of sp³-hybridized carbons (Fsp3) is 0.652. The van der Waals surface area contributed by atoms with E-state index >= 15 is 0 Å². The number of ether oxygens (including phenoxy) is 1. The van der Waals surface area contributed by atoms with Crippen molar-refractivity contribution in [1.82, 2.24) is 15.1 Å². The van der Waals surface area contributed by atoms with Gasteiger partial charge in [0.2, 0.25) is 11.8 Å². The maximum absolute atomic E-state index is 11.9. The number of benzene rings is 1. The number of piperidine rings is 1. The van der Waals surface area contributed by atoms with Gasteiger partial charge in [-0.25, -0.2) is 0 Å². The Bertz CT molecular complexity index is 744. The van der Waals surface area contributed by atoms with Crippen LogP contribution < -0.4 is 10.1 Å². The minimum Gasteiger partial charge on any atom is -0.490 e. The maximum Gasteiger partial charge on any atom is 0.219 e. The highest BCUT2D eigenvalue weighted by Gasteiger charge is 2.50. The van der Waals surface area contributed by atoms with Crippen LogP contribution in [0.15, 0.2) is 24.3 Å². The van der Waals surface area contributed by atoms with Gasteiger partial charge in [-0.2, -0.15) is 0 Å². The number of amides is 2. The Balaban J connectivity index is 1.40. The fourth-order valence-corrected chi connectivity index (χ4v) is 5.37. The second kappa shape index (κ2) is 8.34. The highest BCUT2D eigenvalue weighted by Crippen LogP contribution is 2.36. The molecule has 29 heavy (non-hydrogen) atoms. The van der Waals surface area contributed by atoms with E-state index < -0.39 is 0 Å². The second-order valence-corrected chi connectivity index (χ2v) is 9.10. The second-order valence-electron chi connectivity index (χ2n) is 9.10. The van der Waals surface area contributed by atoms with Crippen LogP contribution >= 0.6 is 0 Å². The Hall–Kier alpha value is -2.08. The van der Waals surface area contributed by atoms with E-state index in [2.05, 4.69) is 34.5 Å². The standard InChI is InChI=1S/C23H33N3O3/c1-17(27)24-23-15-25(12-11-20(23)14-26(16-23)18(2)28)13-19-7-9-22(10-8-19)29-21-5-3-4-6-21/h7-10,20-21H,3-6,11-16H2,1-2H3,(H,24,27)/t20-,23-/m1/s1. The molecule has 6 nitrogen and oxygen atoms in total. The van der Waals surface area contributed by atoms with Crippen LogP contribution in [0.4, 0.5) is 0 Å². The fourth-order valence-electron chi connectivity index (χ4n) is 5.37. The zero-order valence-electron chi connectivity index (χ0n) is 17.7. The quantitative estimate of drug-likeness (QED) is 0.827. The molecule has 2 heterocycles. The van der Waals surface area contributed by atoms with Gasteiger partial charge >= 0.3 is 0 Å². The van der Waals surface area contributed by atoms with Gasteiger partial charge in [-0.15, -0.1) is 0 Å². The van der Waals surface area contributed by atoms with E-state index in [1.54, 1.807) is 13.8 Å². The van der Waals surface area contributed by atoms with Crippen LogP contribution in [0.2, 0.25) is 0 Å². The smallest absolute Gasteiger partial charge is 0.219 e. The number of hydrogen-bond donors (Lipinski definition) is 1. The van der Waals surface area contributed by atoms with Gasteiger partial charge in [0, 0.05) is 45.9 Å². The topological polar surface area (TPSA) is 61.9 Å². The SMILES string of the molecule is CC(=O)N[C@@]12CN(Cc3ccc(OC4CCCC4)cc3)CC[C@@H]1CN(C(C)=O)C2. The predicted octanol–water partition coefficient (Wildman–Crippen LogP) is 2.57. The van der Waals surface area contributed by atoms with Crippen LogP contribution in [0.25, 0.3) is 0 Å². The summed E-state index contributed by atoms with van der Waals surface area (Å²) in [5.41, 5.74) is 0.919. The summed E-state index contributed by atoms with van der Waals surface area (Å²) >= 11 is 0. The summed E-state index contributed by atoms with van der Waals surface area (Å²) in [6, 6.07) is 8.46. The number of likely N-dealkylation sites (tertiary alicyclic amines) is 2. The summed E-state index contributed by atoms with van der Waals surface area (Å²) in [6.07, 6.45) is 6.25. The Kier molecular flexibility index (Phi) is 5.81. The molecule has 1 N–H and O–H groups in total. The van der Waals surface area contributed by atoms with E-state index in [-0.39, 0.29) is 17.4 Å². The van der Waals surface area contributed by atoms with Crippen molar-refractivity contribution in [2.75, 3.05) is 26.2 Å². The molecule has 2 amide bonds. The summed E-state index contributed by atoms with van der Waals surface area (Å²) in [5, 5.41) is 3.21. The van der Waals surface area contributed by atoms with Crippen LogP contribution in [-0.2, 0) is 16.1 Å². The van der Waals surface area contributed by atoms with Crippen molar-refractivity contribution in [2.24, 2.45) is 5.92 Å². The highest BCUT2D eigenvalue weighted by molar-refractivity contribution is 5.76. The van der Waals surface area contributed by atoms with Crippen LogP contribution in [0.3, 0.4) is 0 Å². The van der Waals surface area contributed by atoms with Gasteiger partial charge in [0.25, 0.3) is 0 Å². The van der Waals surface area contributed by atoms with Crippen molar-refractivity contribution in [2.45, 2.75) is 64.1 Å². The molecule has 0 bridgehead atoms. The highest BCUT2D eigenvalue weighted by atomic mass is 16.5. The lowest BCUT2D eigenvalue weighted by Gasteiger charge is -2.44. The molecule has 0 spiro atoms. The normalized spacial score (nSPS) is 27.7. The Labute approximate surface area is 173 Å². The van der Waals surface area contributed by atoms with E-state index in [4.69, 9.17) is 4.74 Å². The predicted molar refractivity (Wildman–Crippen MR) is 112 cm³/mol. The van der Waals surface area contributed by atoms with Crippen molar-refractivity contribution in [1.29, 1.82) is 0 Å². The van der Waals surface area contributed by atoms with Crippen molar-refractivity contribution < 1.29 is 14.3 Å². The largest absolute Gasteiger partial charge is 0.490 e. The van der Waals surface area contributed by atoms with Gasteiger partial charge in [-0.05, 0) is 56.3 Å². The zero-order chi connectivity index (χ0) is 20.4. The maximum atomic E-state index is 11.9. The van der Waals surface area contributed by atoms with Gasteiger partial charge < -0.3 is 15.0 Å². The lowest BCUT2D eigenvalue weighted by atomic mass is 9.80. The minimum atomic E-state index is -0.332. The van der Waals surface area contributed by atoms with E-state index in [0.29, 0.717) is 18.6 Å². The Morgan fingerprint density at radius 1 is 1.10 bits per heavy atom. The van der Waals surface area contributed by atoms with Crippen LogP contribution in [0, 0.1) is 5.92 Å². The molecule has 6 heteroatoms. The molecule has 2 atom stereocenters. The molecule has 0 aromatic heterocycles. The van der Waals surface area contributed by atoms with Gasteiger partial charge in [0.1, 0.15) is 5.75 Å². The molecule has 2 aliphatic heterocycles. The zero-order valence-corrected chi connectivity index (χ0v) is 17.7. The van der Waals surface area contributed by atoms with E-state index in [1.807, 2.05) is 4.90 Å². The Morgan fingerprint density at radius 2 is 1.83 bits per heavy atom. The molecule has 1 aliphatic carbocycles. The molecule has 3 fully saturated rings. The molecule has 0 unspecified atom stereocenters. The average Bonchev–Trinajstić information content (AvgIpc) is 3.30. The number of nitrogens with zero attached hydrogens (tertiary/aromatic N) is 2. The summed E-state index contributed by atoms with van der Waals surface area (Å²) < 4.78 is 6.07. The van der Waals surface area contributed by atoms with Crippen LogP contribution in [0.1, 0.15) is 51.5 Å².